The molecule has 0 radical (unpaired) electrons. The summed E-state index contributed by atoms with van der Waals surface area (Å²) in [7, 11) is -1.91. The Morgan fingerprint density at radius 1 is 1.39 bits per heavy atom. The molecule has 2 saturated heterocycles. The quantitative estimate of drug-likeness (QED) is 0.756. The number of imidazole rings is 1. The molecule has 0 aliphatic carbocycles. The summed E-state index contributed by atoms with van der Waals surface area (Å²) in [5.41, 5.74) is -0.566. The molecule has 2 aromatic rings. The number of sulfonamides is 1. The summed E-state index contributed by atoms with van der Waals surface area (Å²) < 4.78 is 39.8. The molecular formula is C13H17N5O4S. The Hall–Kier alpha value is -1.78. The Bertz CT molecular complexity index is 844. The molecule has 23 heavy (non-hydrogen) atoms. The highest BCUT2D eigenvalue weighted by atomic mass is 32.2. The summed E-state index contributed by atoms with van der Waals surface area (Å²) in [4.78, 5) is 3.98. The molecule has 0 unspecified atom stereocenters. The Labute approximate surface area is 133 Å². The maximum absolute atomic E-state index is 12.8. The van der Waals surface area contributed by atoms with E-state index in [1.807, 2.05) is 0 Å². The molecule has 0 bridgehead atoms. The van der Waals surface area contributed by atoms with Crippen molar-refractivity contribution in [2.45, 2.75) is 17.4 Å². The van der Waals surface area contributed by atoms with Crippen LogP contribution in [0.15, 0.2) is 22.0 Å². The van der Waals surface area contributed by atoms with Crippen LogP contribution < -0.4 is 0 Å². The first kappa shape index (κ1) is 14.8. The first-order chi connectivity index (χ1) is 10.9. The van der Waals surface area contributed by atoms with Gasteiger partial charge in [-0.05, 0) is 0 Å². The fourth-order valence-corrected chi connectivity index (χ4v) is 4.85. The van der Waals surface area contributed by atoms with E-state index in [1.54, 1.807) is 18.5 Å². The van der Waals surface area contributed by atoms with E-state index in [-0.39, 0.29) is 17.5 Å². The molecule has 0 amide bonds. The van der Waals surface area contributed by atoms with Crippen molar-refractivity contribution in [3.8, 4) is 0 Å². The highest BCUT2D eigenvalue weighted by Crippen LogP contribution is 2.44. The molecule has 124 valence electrons. The van der Waals surface area contributed by atoms with E-state index in [0.717, 1.165) is 0 Å². The largest absolute Gasteiger partial charge is 0.425 e. The molecular weight excluding hydrogens is 322 g/mol. The first-order valence-corrected chi connectivity index (χ1v) is 8.72. The third-order valence-corrected chi connectivity index (χ3v) is 6.28. The Kier molecular flexibility index (Phi) is 3.12. The van der Waals surface area contributed by atoms with Gasteiger partial charge in [-0.3, -0.25) is 0 Å². The van der Waals surface area contributed by atoms with Crippen LogP contribution in [0, 0.1) is 12.8 Å². The molecule has 0 N–H and O–H groups in total. The highest BCUT2D eigenvalue weighted by Gasteiger charge is 2.58. The van der Waals surface area contributed by atoms with Gasteiger partial charge in [0.15, 0.2) is 5.03 Å². The van der Waals surface area contributed by atoms with Crippen molar-refractivity contribution < 1.29 is 17.6 Å². The molecule has 0 spiro atoms. The zero-order valence-corrected chi connectivity index (χ0v) is 13.7. The van der Waals surface area contributed by atoms with E-state index in [1.165, 1.54) is 16.8 Å². The number of fused-ring (bicyclic) bond motifs is 1. The normalized spacial score (nSPS) is 28.3. The first-order valence-electron chi connectivity index (χ1n) is 7.28. The summed E-state index contributed by atoms with van der Waals surface area (Å²) >= 11 is 0. The topological polar surface area (TPSA) is 103 Å². The fraction of sp³-hybridized carbons (Fsp3) is 0.615. The van der Waals surface area contributed by atoms with Crippen molar-refractivity contribution >= 4 is 10.0 Å². The zero-order valence-electron chi connectivity index (χ0n) is 12.8. The zero-order chi connectivity index (χ0) is 16.2. The molecule has 2 fully saturated rings. The highest BCUT2D eigenvalue weighted by molar-refractivity contribution is 7.89. The molecule has 2 aromatic heterocycles. The second-order valence-electron chi connectivity index (χ2n) is 6.17. The van der Waals surface area contributed by atoms with Gasteiger partial charge in [-0.25, -0.2) is 13.4 Å². The van der Waals surface area contributed by atoms with Crippen LogP contribution in [-0.4, -0.2) is 58.8 Å². The standard InChI is InChI=1S/C13H17N5O4S/c1-9-15-16-12(22-9)13-6-18(3-10(13)5-21-7-13)23(19,20)11-4-17(2)8-14-11/h4,8,10H,3,5-7H2,1-2H3/t10-,13-/m1/s1. The van der Waals surface area contributed by atoms with Gasteiger partial charge in [-0.2, -0.15) is 4.31 Å². The molecule has 9 nitrogen and oxygen atoms in total. The second kappa shape index (κ2) is 4.86. The van der Waals surface area contributed by atoms with Crippen LogP contribution in [0.2, 0.25) is 0 Å². The minimum atomic E-state index is -3.64. The summed E-state index contributed by atoms with van der Waals surface area (Å²) in [5.74, 6) is 0.920. The molecule has 4 heterocycles. The lowest BCUT2D eigenvalue weighted by Gasteiger charge is -2.22. The van der Waals surface area contributed by atoms with Crippen LogP contribution in [0.25, 0.3) is 0 Å². The fourth-order valence-electron chi connectivity index (χ4n) is 3.33. The van der Waals surface area contributed by atoms with Crippen LogP contribution in [0.3, 0.4) is 0 Å². The van der Waals surface area contributed by atoms with Crippen molar-refractivity contribution in [3.63, 3.8) is 0 Å². The predicted molar refractivity (Wildman–Crippen MR) is 77.0 cm³/mol. The average molecular weight is 339 g/mol. The van der Waals surface area contributed by atoms with Gasteiger partial charge in [0.25, 0.3) is 10.0 Å². The Morgan fingerprint density at radius 2 is 2.22 bits per heavy atom. The number of aromatic nitrogens is 4. The van der Waals surface area contributed by atoms with Crippen LogP contribution in [-0.2, 0) is 27.2 Å². The lowest BCUT2D eigenvalue weighted by Crippen LogP contribution is -2.37. The maximum atomic E-state index is 12.8. The summed E-state index contributed by atoms with van der Waals surface area (Å²) in [6.45, 7) is 3.21. The molecule has 2 aliphatic heterocycles. The van der Waals surface area contributed by atoms with Crippen molar-refractivity contribution in [3.05, 3.63) is 24.3 Å². The SMILES string of the molecule is Cc1nnc([C@]23COC[C@H]2CN(S(=O)(=O)c2cn(C)cn2)C3)o1. The van der Waals surface area contributed by atoms with Crippen molar-refractivity contribution in [1.29, 1.82) is 0 Å². The van der Waals surface area contributed by atoms with Crippen molar-refractivity contribution in [2.24, 2.45) is 13.0 Å². The summed E-state index contributed by atoms with van der Waals surface area (Å²) in [6, 6.07) is 0. The third kappa shape index (κ3) is 2.12. The van der Waals surface area contributed by atoms with Crippen molar-refractivity contribution in [2.75, 3.05) is 26.3 Å². The minimum Gasteiger partial charge on any atom is -0.425 e. The monoisotopic (exact) mass is 339 g/mol. The van der Waals surface area contributed by atoms with E-state index in [4.69, 9.17) is 9.15 Å². The van der Waals surface area contributed by atoms with Gasteiger partial charge in [0.05, 0.1) is 25.0 Å². The van der Waals surface area contributed by atoms with E-state index in [0.29, 0.717) is 31.5 Å². The third-order valence-electron chi connectivity index (χ3n) is 4.58. The summed E-state index contributed by atoms with van der Waals surface area (Å²) in [6.07, 6.45) is 2.98. The lowest BCUT2D eigenvalue weighted by atomic mass is 9.81. The molecule has 2 atom stereocenters. The van der Waals surface area contributed by atoms with Gasteiger partial charge < -0.3 is 13.7 Å². The van der Waals surface area contributed by atoms with E-state index >= 15 is 0 Å². The number of ether oxygens (including phenoxy) is 1. The van der Waals surface area contributed by atoms with Gasteiger partial charge in [0, 0.05) is 39.2 Å². The molecule has 0 aromatic carbocycles. The van der Waals surface area contributed by atoms with Crippen LogP contribution in [0.4, 0.5) is 0 Å². The van der Waals surface area contributed by atoms with Crippen LogP contribution in [0.5, 0.6) is 0 Å². The Balaban J connectivity index is 1.70. The van der Waals surface area contributed by atoms with E-state index in [9.17, 15) is 8.42 Å². The molecule has 2 aliphatic rings. The minimum absolute atomic E-state index is 0.000775. The number of nitrogens with zero attached hydrogens (tertiary/aromatic N) is 5. The number of rotatable bonds is 3. The maximum Gasteiger partial charge on any atom is 0.262 e. The summed E-state index contributed by atoms with van der Waals surface area (Å²) in [5, 5.41) is 8.05. The predicted octanol–water partition coefficient (Wildman–Crippen LogP) is -0.300. The van der Waals surface area contributed by atoms with Gasteiger partial charge >= 0.3 is 0 Å². The second-order valence-corrected chi connectivity index (χ2v) is 8.05. The van der Waals surface area contributed by atoms with Crippen LogP contribution >= 0.6 is 0 Å². The van der Waals surface area contributed by atoms with Crippen molar-refractivity contribution in [1.82, 2.24) is 24.1 Å². The molecule has 0 saturated carbocycles. The Morgan fingerprint density at radius 3 is 2.87 bits per heavy atom. The van der Waals surface area contributed by atoms with E-state index < -0.39 is 15.4 Å². The van der Waals surface area contributed by atoms with E-state index in [2.05, 4.69) is 15.2 Å². The van der Waals surface area contributed by atoms with Gasteiger partial charge in [0.2, 0.25) is 11.8 Å². The lowest BCUT2D eigenvalue weighted by molar-refractivity contribution is 0.155. The number of hydrogen-bond donors (Lipinski definition) is 0. The number of aryl methyl sites for hydroxylation is 2. The number of hydrogen-bond acceptors (Lipinski definition) is 7. The average Bonchev–Trinajstić information content (AvgIpc) is 3.19. The van der Waals surface area contributed by atoms with Gasteiger partial charge in [0.1, 0.15) is 0 Å². The van der Waals surface area contributed by atoms with Gasteiger partial charge in [-0.1, -0.05) is 0 Å². The van der Waals surface area contributed by atoms with Gasteiger partial charge in [-0.15, -0.1) is 10.2 Å². The van der Waals surface area contributed by atoms with Crippen LogP contribution in [0.1, 0.15) is 11.8 Å². The molecule has 10 heteroatoms. The smallest absolute Gasteiger partial charge is 0.262 e. The molecule has 4 rings (SSSR count).